The molecule has 0 atom stereocenters. The van der Waals surface area contributed by atoms with E-state index < -0.39 is 11.7 Å². The first-order valence-corrected chi connectivity index (χ1v) is 10.1. The van der Waals surface area contributed by atoms with Crippen LogP contribution in [0.15, 0.2) is 30.3 Å². The van der Waals surface area contributed by atoms with Crippen molar-refractivity contribution in [2.75, 3.05) is 6.54 Å². The van der Waals surface area contributed by atoms with E-state index >= 15 is 0 Å². The summed E-state index contributed by atoms with van der Waals surface area (Å²) in [5.41, 5.74) is 5.13. The van der Waals surface area contributed by atoms with Gasteiger partial charge < -0.3 is 4.74 Å². The average molecular weight is 393 g/mol. The van der Waals surface area contributed by atoms with Gasteiger partial charge in [0.05, 0.1) is 6.54 Å². The van der Waals surface area contributed by atoms with Gasteiger partial charge >= 0.3 is 6.09 Å². The molecule has 1 aromatic carbocycles. The molecule has 152 valence electrons. The highest BCUT2D eigenvalue weighted by Gasteiger charge is 2.38. The van der Waals surface area contributed by atoms with E-state index in [1.807, 2.05) is 13.0 Å². The molecule has 6 nitrogen and oxygen atoms in total. The highest BCUT2D eigenvalue weighted by atomic mass is 16.6. The Labute approximate surface area is 171 Å². The minimum atomic E-state index is -0.647. The molecule has 2 aromatic rings. The van der Waals surface area contributed by atoms with Gasteiger partial charge in [0.1, 0.15) is 11.3 Å². The number of imide groups is 1. The van der Waals surface area contributed by atoms with Crippen molar-refractivity contribution in [2.45, 2.75) is 59.4 Å². The molecule has 4 rings (SSSR count). The van der Waals surface area contributed by atoms with Crippen LogP contribution in [-0.4, -0.2) is 38.9 Å². The van der Waals surface area contributed by atoms with Gasteiger partial charge in [-0.25, -0.2) is 14.7 Å². The summed E-state index contributed by atoms with van der Waals surface area (Å²) < 4.78 is 5.40. The number of fused-ring (bicyclic) bond motifs is 2. The van der Waals surface area contributed by atoms with Gasteiger partial charge in [0.25, 0.3) is 5.91 Å². The number of carbonyl (C=O) groups excluding carboxylic acids is 2. The van der Waals surface area contributed by atoms with Gasteiger partial charge in [0.15, 0.2) is 0 Å². The van der Waals surface area contributed by atoms with E-state index in [0.29, 0.717) is 5.69 Å². The molecular weight excluding hydrogens is 366 g/mol. The van der Waals surface area contributed by atoms with Crippen LogP contribution in [0.3, 0.4) is 0 Å². The third kappa shape index (κ3) is 3.90. The van der Waals surface area contributed by atoms with Gasteiger partial charge in [-0.1, -0.05) is 30.3 Å². The quantitative estimate of drug-likeness (QED) is 0.776. The van der Waals surface area contributed by atoms with E-state index in [2.05, 4.69) is 34.1 Å². The Morgan fingerprint density at radius 3 is 2.55 bits per heavy atom. The number of aromatic nitrogens is 1. The summed E-state index contributed by atoms with van der Waals surface area (Å²) in [5.74, 6) is -0.355. The highest BCUT2D eigenvalue weighted by Crippen LogP contribution is 2.32. The van der Waals surface area contributed by atoms with Gasteiger partial charge in [-0.2, -0.15) is 0 Å². The van der Waals surface area contributed by atoms with Crippen LogP contribution in [0.25, 0.3) is 0 Å². The first-order chi connectivity index (χ1) is 13.7. The molecule has 0 unspecified atom stereocenters. The second-order valence-electron chi connectivity index (χ2n) is 8.81. The molecule has 0 N–H and O–H groups in total. The van der Waals surface area contributed by atoms with Crippen LogP contribution in [0.5, 0.6) is 0 Å². The minimum Gasteiger partial charge on any atom is -0.443 e. The standard InChI is InChI=1S/C23H27N3O3/c1-15-17-13-25(12-16-8-6-5-7-9-16)11-10-19(17)24-20-18(15)14-26(21(20)27)22(28)29-23(2,3)4/h5-9H,10-14H2,1-4H3. The first-order valence-electron chi connectivity index (χ1n) is 10.1. The Morgan fingerprint density at radius 1 is 1.14 bits per heavy atom. The molecule has 2 aliphatic heterocycles. The van der Waals surface area contributed by atoms with Crippen molar-refractivity contribution in [1.82, 2.24) is 14.8 Å². The molecule has 0 fully saturated rings. The van der Waals surface area contributed by atoms with Crippen molar-refractivity contribution in [3.63, 3.8) is 0 Å². The lowest BCUT2D eigenvalue weighted by atomic mass is 9.95. The molecule has 0 saturated carbocycles. The van der Waals surface area contributed by atoms with Crippen molar-refractivity contribution in [2.24, 2.45) is 0 Å². The number of hydrogen-bond donors (Lipinski definition) is 0. The predicted molar refractivity (Wildman–Crippen MR) is 109 cm³/mol. The summed E-state index contributed by atoms with van der Waals surface area (Å²) >= 11 is 0. The molecule has 6 heteroatoms. The Morgan fingerprint density at radius 2 is 1.86 bits per heavy atom. The summed E-state index contributed by atoms with van der Waals surface area (Å²) in [6, 6.07) is 10.4. The van der Waals surface area contributed by atoms with E-state index in [-0.39, 0.29) is 12.5 Å². The number of amides is 2. The Balaban J connectivity index is 1.57. The number of nitrogens with zero attached hydrogens (tertiary/aromatic N) is 3. The van der Waals surface area contributed by atoms with Crippen molar-refractivity contribution in [3.8, 4) is 0 Å². The zero-order chi connectivity index (χ0) is 20.8. The van der Waals surface area contributed by atoms with Gasteiger partial charge in [-0.05, 0) is 44.4 Å². The number of hydrogen-bond acceptors (Lipinski definition) is 5. The summed E-state index contributed by atoms with van der Waals surface area (Å²) in [5, 5.41) is 0. The fourth-order valence-electron chi connectivity index (χ4n) is 4.00. The molecule has 0 bridgehead atoms. The van der Waals surface area contributed by atoms with Gasteiger partial charge in [0.2, 0.25) is 0 Å². The molecule has 1 aromatic heterocycles. The second kappa shape index (κ2) is 7.26. The number of benzene rings is 1. The lowest BCUT2D eigenvalue weighted by Crippen LogP contribution is -2.37. The summed E-state index contributed by atoms with van der Waals surface area (Å²) in [4.78, 5) is 33.5. The lowest BCUT2D eigenvalue weighted by Gasteiger charge is -2.30. The summed E-state index contributed by atoms with van der Waals surface area (Å²) in [6.07, 6.45) is 0.194. The molecular formula is C23H27N3O3. The number of ether oxygens (including phenoxy) is 1. The molecule has 0 spiro atoms. The molecule has 2 amide bonds. The Hall–Kier alpha value is -2.73. The van der Waals surface area contributed by atoms with E-state index in [9.17, 15) is 9.59 Å². The fourth-order valence-corrected chi connectivity index (χ4v) is 4.00. The van der Waals surface area contributed by atoms with E-state index in [1.165, 1.54) is 16.0 Å². The molecule has 0 saturated heterocycles. The third-order valence-electron chi connectivity index (χ3n) is 5.46. The van der Waals surface area contributed by atoms with Gasteiger partial charge in [0, 0.05) is 37.3 Å². The average Bonchev–Trinajstić information content (AvgIpc) is 2.99. The monoisotopic (exact) mass is 393 g/mol. The zero-order valence-electron chi connectivity index (χ0n) is 17.5. The maximum absolute atomic E-state index is 12.8. The molecule has 29 heavy (non-hydrogen) atoms. The Bertz CT molecular complexity index is 964. The zero-order valence-corrected chi connectivity index (χ0v) is 17.5. The van der Waals surface area contributed by atoms with Crippen LogP contribution in [-0.2, 0) is 30.8 Å². The Kier molecular flexibility index (Phi) is 4.90. The molecule has 0 aliphatic carbocycles. The minimum absolute atomic E-state index is 0.230. The maximum Gasteiger partial charge on any atom is 0.417 e. The molecule has 2 aliphatic rings. The number of pyridine rings is 1. The number of carbonyl (C=O) groups is 2. The topological polar surface area (TPSA) is 62.7 Å². The number of rotatable bonds is 2. The fraction of sp³-hybridized carbons (Fsp3) is 0.435. The second-order valence-corrected chi connectivity index (χ2v) is 8.81. The van der Waals surface area contributed by atoms with Crippen molar-refractivity contribution in [3.05, 3.63) is 64.0 Å². The van der Waals surface area contributed by atoms with E-state index in [1.54, 1.807) is 20.8 Å². The lowest BCUT2D eigenvalue weighted by molar-refractivity contribution is 0.0247. The maximum atomic E-state index is 12.8. The van der Waals surface area contributed by atoms with Crippen LogP contribution in [0.4, 0.5) is 4.79 Å². The molecule has 3 heterocycles. The van der Waals surface area contributed by atoms with E-state index in [0.717, 1.165) is 42.9 Å². The normalized spacial score (nSPS) is 16.6. The summed E-state index contributed by atoms with van der Waals surface area (Å²) in [6.45, 7) is 10.2. The van der Waals surface area contributed by atoms with Crippen molar-refractivity contribution >= 4 is 12.0 Å². The largest absolute Gasteiger partial charge is 0.443 e. The van der Waals surface area contributed by atoms with Gasteiger partial charge in [-0.3, -0.25) is 9.69 Å². The highest BCUT2D eigenvalue weighted by molar-refractivity contribution is 6.05. The van der Waals surface area contributed by atoms with Crippen LogP contribution in [0.2, 0.25) is 0 Å². The predicted octanol–water partition coefficient (Wildman–Crippen LogP) is 3.84. The molecule has 0 radical (unpaired) electrons. The third-order valence-corrected chi connectivity index (χ3v) is 5.46. The van der Waals surface area contributed by atoms with Crippen LogP contribution in [0.1, 0.15) is 59.2 Å². The van der Waals surface area contributed by atoms with Crippen molar-refractivity contribution in [1.29, 1.82) is 0 Å². The summed E-state index contributed by atoms with van der Waals surface area (Å²) in [7, 11) is 0. The van der Waals surface area contributed by atoms with Crippen molar-refractivity contribution < 1.29 is 14.3 Å². The van der Waals surface area contributed by atoms with E-state index in [4.69, 9.17) is 4.74 Å². The van der Waals surface area contributed by atoms with Gasteiger partial charge in [-0.15, -0.1) is 0 Å². The van der Waals surface area contributed by atoms with Crippen LogP contribution in [0, 0.1) is 6.92 Å². The SMILES string of the molecule is Cc1c2c(nc3c1CN(C(=O)OC(C)(C)C)C3=O)CCN(Cc1ccccc1)C2. The van der Waals surface area contributed by atoms with Crippen LogP contribution >= 0.6 is 0 Å². The smallest absolute Gasteiger partial charge is 0.417 e. The first kappa shape index (κ1) is 19.6. The van der Waals surface area contributed by atoms with Crippen LogP contribution < -0.4 is 0 Å².